The number of ether oxygens (including phenoxy) is 3. The lowest BCUT2D eigenvalue weighted by molar-refractivity contribution is -0.166. The normalized spacial score (nSPS) is 12.8. The molecule has 0 aliphatic heterocycles. The van der Waals surface area contributed by atoms with Gasteiger partial charge >= 0.3 is 17.9 Å². The first-order valence-electron chi connectivity index (χ1n) is 34.4. The molecular formula is C75H128O6. The van der Waals surface area contributed by atoms with E-state index in [1.165, 1.54) is 186 Å². The Morgan fingerprint density at radius 3 is 0.815 bits per heavy atom. The maximum absolute atomic E-state index is 12.9. The van der Waals surface area contributed by atoms with Gasteiger partial charge in [-0.3, -0.25) is 14.4 Å². The van der Waals surface area contributed by atoms with Gasteiger partial charge in [-0.25, -0.2) is 0 Å². The fourth-order valence-electron chi connectivity index (χ4n) is 9.61. The predicted molar refractivity (Wildman–Crippen MR) is 353 cm³/mol. The van der Waals surface area contributed by atoms with Crippen molar-refractivity contribution >= 4 is 17.9 Å². The van der Waals surface area contributed by atoms with E-state index in [-0.39, 0.29) is 31.6 Å². The van der Waals surface area contributed by atoms with Gasteiger partial charge in [0.05, 0.1) is 0 Å². The molecule has 0 radical (unpaired) electrons. The van der Waals surface area contributed by atoms with Crippen molar-refractivity contribution in [3.8, 4) is 0 Å². The van der Waals surface area contributed by atoms with Crippen LogP contribution in [-0.2, 0) is 28.6 Å². The smallest absolute Gasteiger partial charge is 0.306 e. The Bertz CT molecular complexity index is 1620. The Labute approximate surface area is 501 Å². The maximum Gasteiger partial charge on any atom is 0.306 e. The Morgan fingerprint density at radius 2 is 0.506 bits per heavy atom. The van der Waals surface area contributed by atoms with E-state index in [0.29, 0.717) is 19.3 Å². The summed E-state index contributed by atoms with van der Waals surface area (Å²) in [6, 6.07) is 0. The molecule has 0 saturated heterocycles. The predicted octanol–water partition coefficient (Wildman–Crippen LogP) is 23.8. The van der Waals surface area contributed by atoms with E-state index in [1.54, 1.807) is 0 Å². The van der Waals surface area contributed by atoms with Gasteiger partial charge < -0.3 is 14.2 Å². The molecule has 0 spiro atoms. The van der Waals surface area contributed by atoms with Crippen LogP contribution in [0.15, 0.2) is 109 Å². The van der Waals surface area contributed by atoms with E-state index in [9.17, 15) is 14.4 Å². The van der Waals surface area contributed by atoms with Crippen molar-refractivity contribution in [2.45, 2.75) is 335 Å². The first-order chi connectivity index (χ1) is 40.0. The molecule has 0 heterocycles. The molecule has 0 aromatic carbocycles. The zero-order valence-electron chi connectivity index (χ0n) is 53.3. The van der Waals surface area contributed by atoms with Gasteiger partial charge in [0.1, 0.15) is 13.2 Å². The Hall–Kier alpha value is -3.93. The van der Waals surface area contributed by atoms with E-state index in [4.69, 9.17) is 14.2 Å². The number of hydrogen-bond acceptors (Lipinski definition) is 6. The van der Waals surface area contributed by atoms with Crippen molar-refractivity contribution in [1.82, 2.24) is 0 Å². The molecular weight excluding hydrogens is 997 g/mol. The molecule has 0 fully saturated rings. The van der Waals surface area contributed by atoms with Gasteiger partial charge in [0.15, 0.2) is 6.10 Å². The molecule has 0 saturated carbocycles. The topological polar surface area (TPSA) is 78.9 Å². The van der Waals surface area contributed by atoms with Gasteiger partial charge in [-0.05, 0) is 116 Å². The molecule has 0 rings (SSSR count). The number of allylic oxidation sites excluding steroid dienone is 18. The summed E-state index contributed by atoms with van der Waals surface area (Å²) in [5.74, 6) is -0.993. The van der Waals surface area contributed by atoms with Gasteiger partial charge in [0.25, 0.3) is 0 Å². The highest BCUT2D eigenvalue weighted by molar-refractivity contribution is 5.71. The monoisotopic (exact) mass is 1120 g/mol. The number of carbonyl (C=O) groups is 3. The average Bonchev–Trinajstić information content (AvgIpc) is 3.47. The average molecular weight is 1130 g/mol. The quantitative estimate of drug-likeness (QED) is 0.0261. The molecule has 1 atom stereocenters. The second-order valence-electron chi connectivity index (χ2n) is 22.7. The molecule has 464 valence electrons. The summed E-state index contributed by atoms with van der Waals surface area (Å²) in [5.41, 5.74) is 0. The van der Waals surface area contributed by atoms with Crippen molar-refractivity contribution in [2.24, 2.45) is 0 Å². The summed E-state index contributed by atoms with van der Waals surface area (Å²) in [6.45, 7) is 6.47. The Morgan fingerprint density at radius 1 is 0.259 bits per heavy atom. The van der Waals surface area contributed by atoms with Crippen molar-refractivity contribution in [1.29, 1.82) is 0 Å². The molecule has 0 aliphatic rings. The van der Waals surface area contributed by atoms with E-state index >= 15 is 0 Å². The van der Waals surface area contributed by atoms with Crippen LogP contribution in [-0.4, -0.2) is 37.2 Å². The lowest BCUT2D eigenvalue weighted by Crippen LogP contribution is -2.30. The SMILES string of the molecule is CC/C=C\C/C=C\C/C=C\C/C=C\C/C=C\C/C=C\CCC(=O)OC(COC(=O)CCCCCCC/C=C\CCCCCCCC)COC(=O)CCCCCCCCCCCCCCCCCCC/C=C\C/C=C\CCCCCCC. The molecule has 1 unspecified atom stereocenters. The third-order valence-electron chi connectivity index (χ3n) is 14.7. The van der Waals surface area contributed by atoms with Crippen LogP contribution in [0.2, 0.25) is 0 Å². The van der Waals surface area contributed by atoms with Crippen molar-refractivity contribution in [2.75, 3.05) is 13.2 Å². The van der Waals surface area contributed by atoms with Crippen molar-refractivity contribution in [3.05, 3.63) is 109 Å². The van der Waals surface area contributed by atoms with E-state index in [2.05, 4.69) is 124 Å². The molecule has 0 aromatic rings. The standard InChI is InChI=1S/C75H128O6/c1-4-7-10-13-16-19-22-25-28-30-32-33-34-35-36-37-38-39-40-41-43-44-47-50-53-56-59-62-65-68-74(77)80-71-72(70-79-73(76)67-64-61-58-55-52-49-46-27-24-21-18-15-12-9-6-3)81-75(78)69-66-63-60-57-54-51-48-45-42-31-29-26-23-20-17-14-11-8-5-2/h8,11,17,20,22,25-27,29-30,32,42,45-46,51,54,60,63,72H,4-7,9-10,12-16,18-19,21,23-24,28,31,33-41,43-44,47-50,52-53,55-59,61-62,64-71H2,1-3H3/b11-8-,20-17-,25-22-,29-26-,32-30-,45-42-,46-27-,54-51-,63-60-. The summed E-state index contributed by atoms with van der Waals surface area (Å²) in [6.07, 6.45) is 94.1. The summed E-state index contributed by atoms with van der Waals surface area (Å²) < 4.78 is 16.9. The number of carbonyl (C=O) groups excluding carboxylic acids is 3. The summed E-state index contributed by atoms with van der Waals surface area (Å²) in [5, 5.41) is 0. The van der Waals surface area contributed by atoms with Crippen LogP contribution in [0, 0.1) is 0 Å². The Balaban J connectivity index is 4.35. The second-order valence-corrected chi connectivity index (χ2v) is 22.7. The minimum Gasteiger partial charge on any atom is -0.462 e. The zero-order chi connectivity index (χ0) is 58.5. The van der Waals surface area contributed by atoms with Crippen LogP contribution < -0.4 is 0 Å². The number of unbranched alkanes of at least 4 members (excludes halogenated alkanes) is 33. The molecule has 0 aliphatic carbocycles. The maximum atomic E-state index is 12.9. The largest absolute Gasteiger partial charge is 0.462 e. The van der Waals surface area contributed by atoms with Gasteiger partial charge in [-0.15, -0.1) is 0 Å². The van der Waals surface area contributed by atoms with Crippen LogP contribution in [0.5, 0.6) is 0 Å². The lowest BCUT2D eigenvalue weighted by Gasteiger charge is -2.18. The second kappa shape index (κ2) is 68.6. The van der Waals surface area contributed by atoms with Crippen LogP contribution in [0.25, 0.3) is 0 Å². The molecule has 6 nitrogen and oxygen atoms in total. The van der Waals surface area contributed by atoms with E-state index in [0.717, 1.165) is 96.3 Å². The lowest BCUT2D eigenvalue weighted by atomic mass is 10.0. The Kier molecular flexibility index (Phi) is 65.2. The van der Waals surface area contributed by atoms with Gasteiger partial charge in [-0.1, -0.05) is 304 Å². The van der Waals surface area contributed by atoms with Gasteiger partial charge in [0.2, 0.25) is 0 Å². The van der Waals surface area contributed by atoms with Gasteiger partial charge in [0, 0.05) is 19.3 Å². The molecule has 0 amide bonds. The van der Waals surface area contributed by atoms with Crippen LogP contribution >= 0.6 is 0 Å². The number of hydrogen-bond donors (Lipinski definition) is 0. The van der Waals surface area contributed by atoms with Crippen molar-refractivity contribution in [3.63, 3.8) is 0 Å². The molecule has 0 N–H and O–H groups in total. The summed E-state index contributed by atoms with van der Waals surface area (Å²) >= 11 is 0. The number of rotatable bonds is 62. The fourth-order valence-corrected chi connectivity index (χ4v) is 9.61. The molecule has 81 heavy (non-hydrogen) atoms. The number of esters is 3. The minimum absolute atomic E-state index is 0.110. The summed E-state index contributed by atoms with van der Waals surface area (Å²) in [7, 11) is 0. The van der Waals surface area contributed by atoms with Crippen LogP contribution in [0.1, 0.15) is 329 Å². The van der Waals surface area contributed by atoms with Crippen molar-refractivity contribution < 1.29 is 28.6 Å². The highest BCUT2D eigenvalue weighted by atomic mass is 16.6. The van der Waals surface area contributed by atoms with E-state index < -0.39 is 12.1 Å². The zero-order valence-corrected chi connectivity index (χ0v) is 53.3. The van der Waals surface area contributed by atoms with E-state index in [1.807, 2.05) is 6.08 Å². The fraction of sp³-hybridized carbons (Fsp3) is 0.720. The van der Waals surface area contributed by atoms with Gasteiger partial charge in [-0.2, -0.15) is 0 Å². The highest BCUT2D eigenvalue weighted by Gasteiger charge is 2.19. The first-order valence-corrected chi connectivity index (χ1v) is 34.4. The molecule has 0 bridgehead atoms. The van der Waals surface area contributed by atoms with Crippen LogP contribution in [0.4, 0.5) is 0 Å². The third-order valence-corrected chi connectivity index (χ3v) is 14.7. The summed E-state index contributed by atoms with van der Waals surface area (Å²) in [4.78, 5) is 38.3. The van der Waals surface area contributed by atoms with Crippen LogP contribution in [0.3, 0.4) is 0 Å². The third kappa shape index (κ3) is 66.8. The molecule has 6 heteroatoms. The minimum atomic E-state index is -0.824. The highest BCUT2D eigenvalue weighted by Crippen LogP contribution is 2.17. The first kappa shape index (κ1) is 77.1. The molecule has 0 aromatic heterocycles.